The number of H-pyrrole nitrogens is 1. The van der Waals surface area contributed by atoms with Crippen molar-refractivity contribution in [3.05, 3.63) is 57.9 Å². The van der Waals surface area contributed by atoms with Crippen LogP contribution in [0.15, 0.2) is 24.3 Å². The molecule has 0 aliphatic carbocycles. The van der Waals surface area contributed by atoms with E-state index in [0.717, 1.165) is 22.2 Å². The summed E-state index contributed by atoms with van der Waals surface area (Å²) >= 11 is 0. The minimum absolute atomic E-state index is 0.0476. The number of aromatic amines is 1. The average molecular weight is 393 g/mol. The van der Waals surface area contributed by atoms with E-state index in [1.807, 2.05) is 13.0 Å². The highest BCUT2D eigenvalue weighted by molar-refractivity contribution is 6.01. The Kier molecular flexibility index (Phi) is 5.04. The molecule has 29 heavy (non-hydrogen) atoms. The molecule has 6 nitrogen and oxygen atoms in total. The number of rotatable bonds is 5. The monoisotopic (exact) mass is 392 g/mol. The van der Waals surface area contributed by atoms with Gasteiger partial charge in [-0.25, -0.2) is 4.98 Å². The number of pyridine rings is 1. The van der Waals surface area contributed by atoms with Crippen LogP contribution in [0.1, 0.15) is 38.4 Å². The molecule has 0 bridgehead atoms. The summed E-state index contributed by atoms with van der Waals surface area (Å²) in [5.74, 6) is 0.669. The first kappa shape index (κ1) is 19.5. The molecule has 0 atom stereocenters. The number of fused-ring (bicyclic) bond motifs is 1. The molecule has 152 valence electrons. The van der Waals surface area contributed by atoms with Gasteiger partial charge in [0.1, 0.15) is 5.69 Å². The van der Waals surface area contributed by atoms with Gasteiger partial charge >= 0.3 is 0 Å². The smallest absolute Gasteiger partial charge is 0.272 e. The molecule has 1 fully saturated rings. The third-order valence-electron chi connectivity index (χ3n) is 6.06. The number of amides is 1. The summed E-state index contributed by atoms with van der Waals surface area (Å²) in [5, 5.41) is 4.51. The van der Waals surface area contributed by atoms with Crippen LogP contribution in [0.3, 0.4) is 0 Å². The third kappa shape index (κ3) is 3.49. The Morgan fingerprint density at radius 3 is 2.59 bits per heavy atom. The van der Waals surface area contributed by atoms with Crippen LogP contribution in [-0.4, -0.2) is 47.1 Å². The lowest BCUT2D eigenvalue weighted by atomic mass is 10.0. The van der Waals surface area contributed by atoms with Crippen LogP contribution in [-0.2, 0) is 11.3 Å². The van der Waals surface area contributed by atoms with Gasteiger partial charge in [-0.05, 0) is 56.0 Å². The fourth-order valence-electron chi connectivity index (χ4n) is 3.90. The summed E-state index contributed by atoms with van der Waals surface area (Å²) in [6.07, 6.45) is 0.126. The van der Waals surface area contributed by atoms with Gasteiger partial charge in [-0.3, -0.25) is 4.79 Å². The minimum atomic E-state index is -0.0476. The highest BCUT2D eigenvalue weighted by Gasteiger charge is 2.32. The van der Waals surface area contributed by atoms with Gasteiger partial charge in [-0.15, -0.1) is 0 Å². The minimum Gasteiger partial charge on any atom is -0.378 e. The van der Waals surface area contributed by atoms with Gasteiger partial charge in [0.25, 0.3) is 5.91 Å². The van der Waals surface area contributed by atoms with Crippen molar-refractivity contribution in [2.45, 2.75) is 40.3 Å². The number of nitrogens with zero attached hydrogens (tertiary/aromatic N) is 2. The second-order valence-electron chi connectivity index (χ2n) is 7.95. The number of carbonyl (C=O) groups is 1. The summed E-state index contributed by atoms with van der Waals surface area (Å²) in [4.78, 5) is 22.9. The number of nitrogens with one attached hydrogen (secondary N) is 2. The summed E-state index contributed by atoms with van der Waals surface area (Å²) < 4.78 is 5.30. The molecule has 1 aliphatic heterocycles. The molecule has 1 saturated heterocycles. The van der Waals surface area contributed by atoms with E-state index >= 15 is 0 Å². The van der Waals surface area contributed by atoms with Crippen LogP contribution in [0.25, 0.3) is 10.9 Å². The number of ether oxygens (including phenoxy) is 1. The standard InChI is InChI=1S/C23H28N4O2/c1-13-7-6-8-14(2)19(13)10-24-22-21-18(15(3)16(4)25-21)9-20(26-22)23(28)27-11-17(12-27)29-5/h6-9,17,25H,10-12H2,1-5H3,(H,24,26). The first-order valence-corrected chi connectivity index (χ1v) is 10.00. The number of anilines is 1. The molecule has 4 rings (SSSR count). The van der Waals surface area contributed by atoms with Crippen molar-refractivity contribution in [3.63, 3.8) is 0 Å². The lowest BCUT2D eigenvalue weighted by Crippen LogP contribution is -2.54. The van der Waals surface area contributed by atoms with E-state index in [1.165, 1.54) is 16.7 Å². The number of carbonyl (C=O) groups excluding carboxylic acids is 1. The topological polar surface area (TPSA) is 70.2 Å². The SMILES string of the molecule is COC1CN(C(=O)c2cc3c(C)c(C)[nH]c3c(NCc3c(C)cccc3C)n2)C1. The molecule has 0 saturated carbocycles. The highest BCUT2D eigenvalue weighted by atomic mass is 16.5. The lowest BCUT2D eigenvalue weighted by Gasteiger charge is -2.37. The van der Waals surface area contributed by atoms with Gasteiger partial charge in [-0.1, -0.05) is 18.2 Å². The fourth-order valence-corrected chi connectivity index (χ4v) is 3.90. The van der Waals surface area contributed by atoms with Gasteiger partial charge in [0.05, 0.1) is 11.6 Å². The Balaban J connectivity index is 1.68. The van der Waals surface area contributed by atoms with Crippen molar-refractivity contribution < 1.29 is 9.53 Å². The van der Waals surface area contributed by atoms with E-state index in [9.17, 15) is 4.79 Å². The van der Waals surface area contributed by atoms with Gasteiger partial charge in [0, 0.05) is 37.8 Å². The summed E-state index contributed by atoms with van der Waals surface area (Å²) in [7, 11) is 1.68. The second-order valence-corrected chi connectivity index (χ2v) is 7.95. The number of benzene rings is 1. The van der Waals surface area contributed by atoms with Crippen LogP contribution in [0, 0.1) is 27.7 Å². The zero-order valence-corrected chi connectivity index (χ0v) is 17.7. The van der Waals surface area contributed by atoms with E-state index in [1.54, 1.807) is 12.0 Å². The van der Waals surface area contributed by atoms with Crippen LogP contribution >= 0.6 is 0 Å². The maximum atomic E-state index is 13.0. The Morgan fingerprint density at radius 1 is 1.24 bits per heavy atom. The molecule has 6 heteroatoms. The summed E-state index contributed by atoms with van der Waals surface area (Å²) in [6.45, 7) is 10.2. The van der Waals surface area contributed by atoms with E-state index in [4.69, 9.17) is 9.72 Å². The van der Waals surface area contributed by atoms with Gasteiger partial charge < -0.3 is 19.9 Å². The van der Waals surface area contributed by atoms with E-state index in [-0.39, 0.29) is 12.0 Å². The lowest BCUT2D eigenvalue weighted by molar-refractivity contribution is -0.0194. The van der Waals surface area contributed by atoms with E-state index < -0.39 is 0 Å². The van der Waals surface area contributed by atoms with Crippen LogP contribution < -0.4 is 5.32 Å². The van der Waals surface area contributed by atoms with Crippen molar-refractivity contribution in [1.29, 1.82) is 0 Å². The Labute approximate surface area is 171 Å². The maximum Gasteiger partial charge on any atom is 0.272 e. The number of likely N-dealkylation sites (tertiary alicyclic amines) is 1. The summed E-state index contributed by atoms with van der Waals surface area (Å²) in [5.41, 5.74) is 7.39. The average Bonchev–Trinajstić information content (AvgIpc) is 2.95. The molecule has 0 unspecified atom stereocenters. The number of hydrogen-bond donors (Lipinski definition) is 2. The number of aromatic nitrogens is 2. The second kappa shape index (κ2) is 7.52. The molecule has 0 spiro atoms. The van der Waals surface area contributed by atoms with Gasteiger partial charge in [0.2, 0.25) is 0 Å². The fraction of sp³-hybridized carbons (Fsp3) is 0.391. The molecular weight excluding hydrogens is 364 g/mol. The molecule has 1 amide bonds. The number of hydrogen-bond acceptors (Lipinski definition) is 4. The highest BCUT2D eigenvalue weighted by Crippen LogP contribution is 2.29. The molecule has 3 heterocycles. The van der Waals surface area contributed by atoms with E-state index in [0.29, 0.717) is 31.1 Å². The van der Waals surface area contributed by atoms with Crippen molar-refractivity contribution in [2.75, 3.05) is 25.5 Å². The molecule has 1 aliphatic rings. The summed E-state index contributed by atoms with van der Waals surface area (Å²) in [6, 6.07) is 8.21. The predicted octanol–water partition coefficient (Wildman–Crippen LogP) is 3.88. The van der Waals surface area contributed by atoms with E-state index in [2.05, 4.69) is 49.3 Å². The van der Waals surface area contributed by atoms with Crippen LogP contribution in [0.4, 0.5) is 5.82 Å². The van der Waals surface area contributed by atoms with Crippen LogP contribution in [0.5, 0.6) is 0 Å². The molecule has 0 radical (unpaired) electrons. The quantitative estimate of drug-likeness (QED) is 0.691. The van der Waals surface area contributed by atoms with Gasteiger partial charge in [-0.2, -0.15) is 0 Å². The Bertz CT molecular complexity index is 1060. The molecule has 2 N–H and O–H groups in total. The Morgan fingerprint density at radius 2 is 1.93 bits per heavy atom. The number of aryl methyl sites for hydroxylation is 4. The maximum absolute atomic E-state index is 13.0. The molecular formula is C23H28N4O2. The third-order valence-corrected chi connectivity index (χ3v) is 6.06. The van der Waals surface area contributed by atoms with Crippen LogP contribution in [0.2, 0.25) is 0 Å². The van der Waals surface area contributed by atoms with Crippen molar-refractivity contribution >= 4 is 22.6 Å². The predicted molar refractivity (Wildman–Crippen MR) is 116 cm³/mol. The molecule has 3 aromatic rings. The van der Waals surface area contributed by atoms with Gasteiger partial charge in [0.15, 0.2) is 5.82 Å². The zero-order valence-electron chi connectivity index (χ0n) is 17.7. The normalized spacial score (nSPS) is 14.3. The van der Waals surface area contributed by atoms with Crippen molar-refractivity contribution in [2.24, 2.45) is 0 Å². The first-order valence-electron chi connectivity index (χ1n) is 10.00. The van der Waals surface area contributed by atoms with Crippen molar-refractivity contribution in [3.8, 4) is 0 Å². The van der Waals surface area contributed by atoms with Crippen molar-refractivity contribution in [1.82, 2.24) is 14.9 Å². The first-order chi connectivity index (χ1) is 13.9. The number of methoxy groups -OCH3 is 1. The Hall–Kier alpha value is -2.86. The zero-order chi connectivity index (χ0) is 20.7. The molecule has 2 aromatic heterocycles. The molecule has 1 aromatic carbocycles. The largest absolute Gasteiger partial charge is 0.378 e.